The predicted octanol–water partition coefficient (Wildman–Crippen LogP) is 3.83. The van der Waals surface area contributed by atoms with Crippen LogP contribution in [-0.2, 0) is 11.3 Å². The molecule has 0 radical (unpaired) electrons. The molecule has 2 heterocycles. The highest BCUT2D eigenvalue weighted by atomic mass is 32.2. The van der Waals surface area contributed by atoms with Crippen molar-refractivity contribution in [3.05, 3.63) is 58.5 Å². The summed E-state index contributed by atoms with van der Waals surface area (Å²) in [5, 5.41) is 0. The Labute approximate surface area is 160 Å². The van der Waals surface area contributed by atoms with Crippen molar-refractivity contribution >= 4 is 40.3 Å². The van der Waals surface area contributed by atoms with Crippen LogP contribution in [0.3, 0.4) is 0 Å². The summed E-state index contributed by atoms with van der Waals surface area (Å²) in [5.74, 6) is 2.10. The lowest BCUT2D eigenvalue weighted by Crippen LogP contribution is -2.27. The molecule has 0 unspecified atom stereocenters. The van der Waals surface area contributed by atoms with Crippen LogP contribution in [0, 0.1) is 0 Å². The monoisotopic (exact) mass is 385 g/mol. The number of nitrogens with zero attached hydrogens (tertiary/aromatic N) is 1. The number of hydrogen-bond acceptors (Lipinski definition) is 6. The number of rotatable bonds is 4. The summed E-state index contributed by atoms with van der Waals surface area (Å²) in [4.78, 5) is 15.0. The van der Waals surface area contributed by atoms with Gasteiger partial charge in [0.15, 0.2) is 11.5 Å². The van der Waals surface area contributed by atoms with Crippen molar-refractivity contribution in [2.24, 2.45) is 0 Å². The summed E-state index contributed by atoms with van der Waals surface area (Å²) >= 11 is 6.71. The van der Waals surface area contributed by atoms with Gasteiger partial charge in [-0.25, -0.2) is 0 Å². The Balaban J connectivity index is 1.52. The molecule has 132 valence electrons. The van der Waals surface area contributed by atoms with E-state index in [-0.39, 0.29) is 12.7 Å². The molecule has 1 fully saturated rings. The van der Waals surface area contributed by atoms with Gasteiger partial charge < -0.3 is 14.2 Å². The molecule has 4 rings (SSSR count). The number of benzene rings is 2. The first-order chi connectivity index (χ1) is 12.6. The van der Waals surface area contributed by atoms with E-state index in [1.54, 1.807) is 12.0 Å². The fourth-order valence-corrected chi connectivity index (χ4v) is 3.96. The van der Waals surface area contributed by atoms with Gasteiger partial charge >= 0.3 is 0 Å². The van der Waals surface area contributed by atoms with Crippen LogP contribution in [-0.4, -0.2) is 29.0 Å². The van der Waals surface area contributed by atoms with Gasteiger partial charge in [-0.05, 0) is 41.5 Å². The number of carbonyl (C=O) groups is 1. The van der Waals surface area contributed by atoms with E-state index in [0.717, 1.165) is 22.6 Å². The number of thioether (sulfide) groups is 1. The summed E-state index contributed by atoms with van der Waals surface area (Å²) in [6.45, 7) is 0.631. The van der Waals surface area contributed by atoms with Crippen molar-refractivity contribution in [1.29, 1.82) is 0 Å². The Morgan fingerprint density at radius 3 is 2.73 bits per heavy atom. The minimum Gasteiger partial charge on any atom is -0.497 e. The zero-order valence-corrected chi connectivity index (χ0v) is 15.6. The van der Waals surface area contributed by atoms with Crippen LogP contribution in [0.25, 0.3) is 6.08 Å². The first-order valence-corrected chi connectivity index (χ1v) is 9.14. The Bertz CT molecular complexity index is 908. The largest absolute Gasteiger partial charge is 0.497 e. The molecule has 0 aromatic heterocycles. The first kappa shape index (κ1) is 16.9. The molecule has 1 amide bonds. The van der Waals surface area contributed by atoms with Crippen molar-refractivity contribution < 1.29 is 19.0 Å². The second-order valence-electron chi connectivity index (χ2n) is 5.73. The molecule has 0 atom stereocenters. The van der Waals surface area contributed by atoms with Crippen molar-refractivity contribution in [2.75, 3.05) is 13.9 Å². The van der Waals surface area contributed by atoms with Gasteiger partial charge in [0, 0.05) is 0 Å². The number of carbonyl (C=O) groups excluding carboxylic acids is 1. The number of ether oxygens (including phenoxy) is 3. The third-order valence-electron chi connectivity index (χ3n) is 4.06. The first-order valence-electron chi connectivity index (χ1n) is 7.92. The van der Waals surface area contributed by atoms with Gasteiger partial charge in [-0.1, -0.05) is 42.2 Å². The smallest absolute Gasteiger partial charge is 0.266 e. The normalized spacial score (nSPS) is 17.3. The predicted molar refractivity (Wildman–Crippen MR) is 104 cm³/mol. The summed E-state index contributed by atoms with van der Waals surface area (Å²) in [7, 11) is 1.62. The minimum absolute atomic E-state index is 0.0894. The van der Waals surface area contributed by atoms with Gasteiger partial charge in [0.1, 0.15) is 10.1 Å². The van der Waals surface area contributed by atoms with Crippen LogP contribution in [0.5, 0.6) is 17.2 Å². The van der Waals surface area contributed by atoms with Crippen molar-refractivity contribution in [3.63, 3.8) is 0 Å². The lowest BCUT2D eigenvalue weighted by Gasteiger charge is -2.14. The third-order valence-corrected chi connectivity index (χ3v) is 5.44. The molecule has 2 aromatic rings. The van der Waals surface area contributed by atoms with E-state index < -0.39 is 0 Å². The fraction of sp³-hybridized carbons (Fsp3) is 0.158. The molecule has 7 heteroatoms. The van der Waals surface area contributed by atoms with Gasteiger partial charge in [0.2, 0.25) is 6.79 Å². The average Bonchev–Trinajstić information content (AvgIpc) is 3.22. The summed E-state index contributed by atoms with van der Waals surface area (Å²) in [5.41, 5.74) is 1.87. The number of fused-ring (bicyclic) bond motifs is 1. The van der Waals surface area contributed by atoms with E-state index >= 15 is 0 Å². The van der Waals surface area contributed by atoms with E-state index in [4.69, 9.17) is 26.4 Å². The van der Waals surface area contributed by atoms with Crippen LogP contribution in [0.4, 0.5) is 0 Å². The minimum atomic E-state index is -0.0894. The van der Waals surface area contributed by atoms with Gasteiger partial charge in [-0.2, -0.15) is 0 Å². The van der Waals surface area contributed by atoms with E-state index in [1.165, 1.54) is 11.8 Å². The Morgan fingerprint density at radius 1 is 1.19 bits per heavy atom. The molecule has 2 aromatic carbocycles. The zero-order chi connectivity index (χ0) is 18.1. The molecule has 2 aliphatic heterocycles. The lowest BCUT2D eigenvalue weighted by atomic mass is 10.2. The fourth-order valence-electron chi connectivity index (χ4n) is 2.71. The lowest BCUT2D eigenvalue weighted by molar-refractivity contribution is -0.122. The number of hydrogen-bond donors (Lipinski definition) is 0. The Hall–Kier alpha value is -2.51. The SMILES string of the molecule is COc1ccc(/C=C2\SC(=S)N(Cc3ccc4c(c3)OCO4)C2=O)cc1. The maximum atomic E-state index is 12.8. The molecule has 1 saturated heterocycles. The standard InChI is InChI=1S/C19H15NO4S2/c1-22-14-5-2-12(3-6-14)9-17-18(21)20(19(25)26-17)10-13-4-7-15-16(8-13)24-11-23-15/h2-9H,10-11H2,1H3/b17-9-. The molecule has 26 heavy (non-hydrogen) atoms. The topological polar surface area (TPSA) is 48.0 Å². The van der Waals surface area contributed by atoms with Crippen LogP contribution in [0.2, 0.25) is 0 Å². The highest BCUT2D eigenvalue weighted by Gasteiger charge is 2.32. The van der Waals surface area contributed by atoms with Crippen molar-refractivity contribution in [2.45, 2.75) is 6.54 Å². The maximum absolute atomic E-state index is 12.8. The molecule has 5 nitrogen and oxygen atoms in total. The maximum Gasteiger partial charge on any atom is 0.266 e. The molecular weight excluding hydrogens is 370 g/mol. The van der Waals surface area contributed by atoms with Gasteiger partial charge in [0.25, 0.3) is 5.91 Å². The summed E-state index contributed by atoms with van der Waals surface area (Å²) in [6, 6.07) is 13.2. The van der Waals surface area contributed by atoms with Gasteiger partial charge in [-0.3, -0.25) is 9.69 Å². The molecule has 0 bridgehead atoms. The molecule has 0 spiro atoms. The molecule has 0 saturated carbocycles. The van der Waals surface area contributed by atoms with Crippen molar-refractivity contribution in [1.82, 2.24) is 4.90 Å². The van der Waals surface area contributed by atoms with Gasteiger partial charge in [-0.15, -0.1) is 0 Å². The van der Waals surface area contributed by atoms with Crippen LogP contribution < -0.4 is 14.2 Å². The highest BCUT2D eigenvalue weighted by Crippen LogP contribution is 2.36. The third kappa shape index (κ3) is 3.27. The molecule has 2 aliphatic rings. The van der Waals surface area contributed by atoms with Gasteiger partial charge in [0.05, 0.1) is 18.6 Å². The Morgan fingerprint density at radius 2 is 1.96 bits per heavy atom. The summed E-state index contributed by atoms with van der Waals surface area (Å²) in [6.07, 6.45) is 1.85. The number of thiocarbonyl (C=S) groups is 1. The van der Waals surface area contributed by atoms with Crippen molar-refractivity contribution in [3.8, 4) is 17.2 Å². The second-order valence-corrected chi connectivity index (χ2v) is 7.40. The molecule has 0 N–H and O–H groups in total. The zero-order valence-electron chi connectivity index (χ0n) is 13.9. The average molecular weight is 385 g/mol. The quantitative estimate of drug-likeness (QED) is 0.589. The highest BCUT2D eigenvalue weighted by molar-refractivity contribution is 8.26. The Kier molecular flexibility index (Phi) is 4.57. The van der Waals surface area contributed by atoms with E-state index in [9.17, 15) is 4.79 Å². The molecule has 0 aliphatic carbocycles. The second kappa shape index (κ2) is 7.01. The number of methoxy groups -OCH3 is 1. The molecular formula is C19H15NO4S2. The van der Waals surface area contributed by atoms with Crippen LogP contribution in [0.1, 0.15) is 11.1 Å². The van der Waals surface area contributed by atoms with E-state index in [0.29, 0.717) is 21.5 Å². The number of amides is 1. The summed E-state index contributed by atoms with van der Waals surface area (Å²) < 4.78 is 16.4. The van der Waals surface area contributed by atoms with E-state index in [1.807, 2.05) is 48.5 Å². The van der Waals surface area contributed by atoms with E-state index in [2.05, 4.69) is 0 Å². The van der Waals surface area contributed by atoms with Crippen LogP contribution >= 0.6 is 24.0 Å². The van der Waals surface area contributed by atoms with Crippen LogP contribution in [0.15, 0.2) is 47.4 Å².